The number of halogens is 1. The summed E-state index contributed by atoms with van der Waals surface area (Å²) in [5, 5.41) is 7.59. The number of imide groups is 1. The van der Waals surface area contributed by atoms with E-state index >= 15 is 0 Å². The molecule has 3 aromatic carbocycles. The lowest BCUT2D eigenvalue weighted by Gasteiger charge is -2.32. The molecule has 4 aliphatic heterocycles. The molecule has 168 valence electrons. The number of hydrazone groups is 1. The van der Waals surface area contributed by atoms with Crippen LogP contribution in [0.3, 0.4) is 0 Å². The van der Waals surface area contributed by atoms with Crippen molar-refractivity contribution < 1.29 is 14.3 Å². The second-order valence-electron chi connectivity index (χ2n) is 9.13. The van der Waals surface area contributed by atoms with E-state index in [-0.39, 0.29) is 23.8 Å². The van der Waals surface area contributed by atoms with Crippen molar-refractivity contribution in [1.29, 1.82) is 0 Å². The quantitative estimate of drug-likeness (QED) is 0.541. The molecule has 0 N–H and O–H groups in total. The molecule has 3 saturated heterocycles. The molecular weight excluding hydrogens is 450 g/mol. The van der Waals surface area contributed by atoms with Crippen LogP contribution in [-0.2, 0) is 14.3 Å². The number of anilines is 2. The van der Waals surface area contributed by atoms with E-state index in [0.29, 0.717) is 10.7 Å². The molecule has 6 atom stereocenters. The molecule has 7 heteroatoms. The van der Waals surface area contributed by atoms with E-state index in [9.17, 15) is 9.59 Å². The number of benzene rings is 3. The zero-order valence-electron chi connectivity index (χ0n) is 18.0. The van der Waals surface area contributed by atoms with Crippen LogP contribution in [0.5, 0.6) is 0 Å². The Kier molecular flexibility index (Phi) is 4.26. The topological polar surface area (TPSA) is 62.2 Å². The number of ether oxygens (including phenoxy) is 1. The maximum Gasteiger partial charge on any atom is 0.240 e. The summed E-state index contributed by atoms with van der Waals surface area (Å²) >= 11 is 6.59. The van der Waals surface area contributed by atoms with Crippen LogP contribution < -0.4 is 9.91 Å². The lowest BCUT2D eigenvalue weighted by Crippen LogP contribution is -2.50. The van der Waals surface area contributed by atoms with Gasteiger partial charge in [-0.1, -0.05) is 66.2 Å². The van der Waals surface area contributed by atoms with Gasteiger partial charge in [0.15, 0.2) is 0 Å². The highest BCUT2D eigenvalue weighted by atomic mass is 35.5. The van der Waals surface area contributed by atoms with Gasteiger partial charge in [-0.05, 0) is 30.3 Å². The van der Waals surface area contributed by atoms with Gasteiger partial charge in [0.05, 0.1) is 53.1 Å². The Bertz CT molecular complexity index is 1350. The van der Waals surface area contributed by atoms with E-state index in [1.54, 1.807) is 12.1 Å². The Labute approximate surface area is 201 Å². The van der Waals surface area contributed by atoms with Crippen molar-refractivity contribution in [1.82, 2.24) is 0 Å². The van der Waals surface area contributed by atoms with Crippen LogP contribution in [0.4, 0.5) is 11.4 Å². The maximum absolute atomic E-state index is 13.6. The smallest absolute Gasteiger partial charge is 0.240 e. The summed E-state index contributed by atoms with van der Waals surface area (Å²) in [6, 6.07) is 26.5. The molecule has 0 spiro atoms. The lowest BCUT2D eigenvalue weighted by molar-refractivity contribution is -0.125. The Morgan fingerprint density at radius 1 is 0.706 bits per heavy atom. The maximum atomic E-state index is 13.6. The first kappa shape index (κ1) is 19.9. The van der Waals surface area contributed by atoms with Gasteiger partial charge in [0.1, 0.15) is 0 Å². The minimum absolute atomic E-state index is 0.168. The zero-order chi connectivity index (χ0) is 23.0. The molecule has 0 saturated carbocycles. The molecule has 3 aromatic rings. The molecule has 4 heterocycles. The van der Waals surface area contributed by atoms with Crippen LogP contribution in [0.1, 0.15) is 5.56 Å². The minimum atomic E-state index is -0.526. The van der Waals surface area contributed by atoms with E-state index < -0.39 is 24.0 Å². The van der Waals surface area contributed by atoms with Gasteiger partial charge in [-0.25, -0.2) is 4.90 Å². The van der Waals surface area contributed by atoms with Crippen molar-refractivity contribution in [3.8, 4) is 0 Å². The first-order chi connectivity index (χ1) is 16.6. The third kappa shape index (κ3) is 2.58. The van der Waals surface area contributed by atoms with Gasteiger partial charge in [0.2, 0.25) is 11.8 Å². The third-order valence-corrected chi connectivity index (χ3v) is 7.81. The second kappa shape index (κ2) is 7.26. The average Bonchev–Trinajstić information content (AvgIpc) is 3.60. The van der Waals surface area contributed by atoms with Crippen LogP contribution in [-0.4, -0.2) is 35.8 Å². The molecule has 0 unspecified atom stereocenters. The summed E-state index contributed by atoms with van der Waals surface area (Å²) in [5.41, 5.74) is 3.17. The lowest BCUT2D eigenvalue weighted by atomic mass is 9.70. The molecule has 4 aliphatic rings. The highest BCUT2D eigenvalue weighted by Gasteiger charge is 2.72. The molecule has 34 heavy (non-hydrogen) atoms. The van der Waals surface area contributed by atoms with Gasteiger partial charge in [-0.15, -0.1) is 0 Å². The highest BCUT2D eigenvalue weighted by molar-refractivity contribution is 6.34. The molecule has 0 aromatic heterocycles. The predicted molar refractivity (Wildman–Crippen MR) is 129 cm³/mol. The van der Waals surface area contributed by atoms with Gasteiger partial charge in [0, 0.05) is 10.6 Å². The fourth-order valence-corrected chi connectivity index (χ4v) is 6.39. The van der Waals surface area contributed by atoms with Gasteiger partial charge >= 0.3 is 0 Å². The highest BCUT2D eigenvalue weighted by Crippen LogP contribution is 2.56. The van der Waals surface area contributed by atoms with Crippen molar-refractivity contribution in [2.45, 2.75) is 18.2 Å². The monoisotopic (exact) mass is 469 g/mol. The molecule has 0 radical (unpaired) electrons. The summed E-state index contributed by atoms with van der Waals surface area (Å²) in [6.07, 6.45) is -0.872. The molecule has 7 rings (SSSR count). The standard InChI is InChI=1S/C27H20ClN3O3/c28-18-14-8-7-13-17(18)22-21-23(31(29-22)16-11-5-2-6-12-16)25-20-19(24(21)34-25)26(32)30(27(20)33)15-9-3-1-4-10-15/h1-14,19-21,23-25H/t19-,20+,21+,23-,24-,25+/m1/s1. The van der Waals surface area contributed by atoms with Crippen LogP contribution in [0.25, 0.3) is 0 Å². The summed E-state index contributed by atoms with van der Waals surface area (Å²) in [5.74, 6) is -1.60. The molecule has 0 aliphatic carbocycles. The number of para-hydroxylation sites is 2. The first-order valence-corrected chi connectivity index (χ1v) is 11.8. The van der Waals surface area contributed by atoms with Gasteiger partial charge in [-0.2, -0.15) is 5.10 Å². The SMILES string of the molecule is O=C1[C@@H]2[C@@H]3O[C@@H]([C@H]4C(c5ccccc5Cl)=NN(c5ccccc5)[C@@H]34)[C@@H]2C(=O)N1c1ccccc1. The number of hydrogen-bond donors (Lipinski definition) is 0. The Hall–Kier alpha value is -3.48. The number of hydrogen-bond acceptors (Lipinski definition) is 5. The van der Waals surface area contributed by atoms with E-state index in [1.807, 2.05) is 77.8 Å². The summed E-state index contributed by atoms with van der Waals surface area (Å²) in [7, 11) is 0. The van der Waals surface area contributed by atoms with Crippen LogP contribution >= 0.6 is 11.6 Å². The molecule has 6 nitrogen and oxygen atoms in total. The minimum Gasteiger partial charge on any atom is -0.370 e. The summed E-state index contributed by atoms with van der Waals surface area (Å²) in [4.78, 5) is 28.5. The zero-order valence-corrected chi connectivity index (χ0v) is 18.7. The van der Waals surface area contributed by atoms with Gasteiger partial charge in [0.25, 0.3) is 0 Å². The number of carbonyl (C=O) groups is 2. The van der Waals surface area contributed by atoms with Gasteiger partial charge in [-0.3, -0.25) is 14.6 Å². The van der Waals surface area contributed by atoms with Crippen molar-refractivity contribution >= 4 is 40.5 Å². The van der Waals surface area contributed by atoms with Crippen molar-refractivity contribution in [3.05, 3.63) is 95.5 Å². The number of nitrogens with zero attached hydrogens (tertiary/aromatic N) is 3. The van der Waals surface area contributed by atoms with Crippen molar-refractivity contribution in [3.63, 3.8) is 0 Å². The number of carbonyl (C=O) groups excluding carboxylic acids is 2. The third-order valence-electron chi connectivity index (χ3n) is 7.48. The van der Waals surface area contributed by atoms with Gasteiger partial charge < -0.3 is 4.74 Å². The Balaban J connectivity index is 1.34. The van der Waals surface area contributed by atoms with E-state index in [1.165, 1.54) is 4.90 Å². The molecule has 2 bridgehead atoms. The Morgan fingerprint density at radius 2 is 1.29 bits per heavy atom. The first-order valence-electron chi connectivity index (χ1n) is 11.4. The largest absolute Gasteiger partial charge is 0.370 e. The molecule has 3 fully saturated rings. The van der Waals surface area contributed by atoms with Crippen LogP contribution in [0, 0.1) is 17.8 Å². The molecular formula is C27H20ClN3O3. The summed E-state index contributed by atoms with van der Waals surface area (Å²) in [6.45, 7) is 0. The number of rotatable bonds is 3. The fraction of sp³-hybridized carbons (Fsp3) is 0.222. The number of fused-ring (bicyclic) bond motifs is 8. The fourth-order valence-electron chi connectivity index (χ4n) is 6.16. The normalized spacial score (nSPS) is 31.1. The Morgan fingerprint density at radius 3 is 1.97 bits per heavy atom. The van der Waals surface area contributed by atoms with Crippen LogP contribution in [0.2, 0.25) is 5.02 Å². The number of amides is 2. The van der Waals surface area contributed by atoms with Crippen molar-refractivity contribution in [2.75, 3.05) is 9.91 Å². The average molecular weight is 470 g/mol. The molecule has 2 amide bonds. The van der Waals surface area contributed by atoms with Crippen molar-refractivity contribution in [2.24, 2.45) is 22.9 Å². The van der Waals surface area contributed by atoms with Crippen LogP contribution in [0.15, 0.2) is 90.0 Å². The predicted octanol–water partition coefficient (Wildman–Crippen LogP) is 4.14. The van der Waals surface area contributed by atoms with E-state index in [0.717, 1.165) is 17.0 Å². The van der Waals surface area contributed by atoms with E-state index in [4.69, 9.17) is 21.4 Å². The summed E-state index contributed by atoms with van der Waals surface area (Å²) < 4.78 is 6.44. The van der Waals surface area contributed by atoms with E-state index in [2.05, 4.69) is 0 Å². The second-order valence-corrected chi connectivity index (χ2v) is 9.53.